The van der Waals surface area contributed by atoms with Gasteiger partial charge in [-0.3, -0.25) is 14.7 Å². The van der Waals surface area contributed by atoms with Crippen molar-refractivity contribution in [2.45, 2.75) is 20.8 Å². The maximum Gasteiger partial charge on any atom is 0.275 e. The van der Waals surface area contributed by atoms with E-state index in [1.807, 2.05) is 45.0 Å². The highest BCUT2D eigenvalue weighted by Gasteiger charge is 2.19. The highest BCUT2D eigenvalue weighted by Crippen LogP contribution is 2.30. The number of rotatable bonds is 6. The smallest absolute Gasteiger partial charge is 0.275 e. The molecule has 30 heavy (non-hydrogen) atoms. The SMILES string of the molecule is Cc1[nH]nc(NC(=O)c2cccc(C(=O)N(C)CC(C)C)n2)c1-c1ccc(Br)cc1. The number of nitrogens with zero attached hydrogens (tertiary/aromatic N) is 3. The lowest BCUT2D eigenvalue weighted by molar-refractivity contribution is 0.0773. The largest absolute Gasteiger partial charge is 0.340 e. The number of benzene rings is 1. The molecule has 0 radical (unpaired) electrons. The number of aryl methyl sites for hydroxylation is 1. The van der Waals surface area contributed by atoms with Gasteiger partial charge in [-0.05, 0) is 42.7 Å². The molecule has 2 aromatic heterocycles. The number of nitrogens with one attached hydrogen (secondary N) is 2. The molecule has 0 spiro atoms. The quantitative estimate of drug-likeness (QED) is 0.554. The normalized spacial score (nSPS) is 10.9. The zero-order valence-corrected chi connectivity index (χ0v) is 18.9. The van der Waals surface area contributed by atoms with Gasteiger partial charge in [0.1, 0.15) is 11.4 Å². The molecule has 3 aromatic rings. The van der Waals surface area contributed by atoms with Gasteiger partial charge < -0.3 is 10.2 Å². The molecular weight excluding hydrogens is 446 g/mol. The van der Waals surface area contributed by atoms with Gasteiger partial charge in [0.25, 0.3) is 11.8 Å². The first-order valence-electron chi connectivity index (χ1n) is 9.61. The summed E-state index contributed by atoms with van der Waals surface area (Å²) in [4.78, 5) is 31.3. The Kier molecular flexibility index (Phi) is 6.66. The number of carbonyl (C=O) groups excluding carboxylic acids is 2. The Morgan fingerprint density at radius 3 is 2.47 bits per heavy atom. The molecule has 1 aromatic carbocycles. The van der Waals surface area contributed by atoms with Crippen LogP contribution in [0.3, 0.4) is 0 Å². The van der Waals surface area contributed by atoms with Gasteiger partial charge in [0.05, 0.1) is 0 Å². The monoisotopic (exact) mass is 469 g/mol. The van der Waals surface area contributed by atoms with Crippen LogP contribution in [0.5, 0.6) is 0 Å². The lowest BCUT2D eigenvalue weighted by atomic mass is 10.1. The summed E-state index contributed by atoms with van der Waals surface area (Å²) in [6.45, 7) is 6.58. The van der Waals surface area contributed by atoms with E-state index in [0.717, 1.165) is 21.3 Å². The summed E-state index contributed by atoms with van der Waals surface area (Å²) < 4.78 is 0.964. The van der Waals surface area contributed by atoms with Crippen LogP contribution in [0.25, 0.3) is 11.1 Å². The van der Waals surface area contributed by atoms with Gasteiger partial charge >= 0.3 is 0 Å². The molecule has 3 rings (SSSR count). The van der Waals surface area contributed by atoms with Crippen LogP contribution in [-0.2, 0) is 0 Å². The van der Waals surface area contributed by atoms with Crippen molar-refractivity contribution in [3.05, 3.63) is 64.0 Å². The van der Waals surface area contributed by atoms with Crippen LogP contribution in [0.1, 0.15) is 40.5 Å². The molecule has 156 valence electrons. The standard InChI is InChI=1S/C22H24BrN5O2/c1-13(2)12-28(4)22(30)18-7-5-6-17(24-18)21(29)25-20-19(14(3)26-27-20)15-8-10-16(23)11-9-15/h5-11,13H,12H2,1-4H3,(H2,25,26,27,29). The Labute approximate surface area is 184 Å². The first-order valence-corrected chi connectivity index (χ1v) is 10.4. The second kappa shape index (κ2) is 9.21. The maximum absolute atomic E-state index is 12.8. The van der Waals surface area contributed by atoms with Gasteiger partial charge in [0.2, 0.25) is 0 Å². The van der Waals surface area contributed by atoms with E-state index in [9.17, 15) is 9.59 Å². The number of hydrogen-bond donors (Lipinski definition) is 2. The lowest BCUT2D eigenvalue weighted by Crippen LogP contribution is -2.31. The summed E-state index contributed by atoms with van der Waals surface area (Å²) in [5.74, 6) is 0.103. The van der Waals surface area contributed by atoms with Crippen molar-refractivity contribution in [1.29, 1.82) is 0 Å². The number of halogens is 1. The fourth-order valence-electron chi connectivity index (χ4n) is 3.17. The number of hydrogen-bond acceptors (Lipinski definition) is 4. The van der Waals surface area contributed by atoms with Crippen LogP contribution in [0.15, 0.2) is 46.9 Å². The minimum atomic E-state index is -0.430. The minimum Gasteiger partial charge on any atom is -0.340 e. The fraction of sp³-hybridized carbons (Fsp3) is 0.273. The summed E-state index contributed by atoms with van der Waals surface area (Å²) in [6.07, 6.45) is 0. The van der Waals surface area contributed by atoms with Crippen LogP contribution >= 0.6 is 15.9 Å². The first-order chi connectivity index (χ1) is 14.3. The second-order valence-electron chi connectivity index (χ2n) is 7.52. The molecule has 0 bridgehead atoms. The third-order valence-corrected chi connectivity index (χ3v) is 5.03. The zero-order valence-electron chi connectivity index (χ0n) is 17.4. The Balaban J connectivity index is 1.82. The van der Waals surface area contributed by atoms with E-state index in [1.165, 1.54) is 0 Å². The van der Waals surface area contributed by atoms with E-state index in [-0.39, 0.29) is 17.3 Å². The molecule has 0 unspecified atom stereocenters. The summed E-state index contributed by atoms with van der Waals surface area (Å²) in [6, 6.07) is 12.6. The predicted molar refractivity (Wildman–Crippen MR) is 120 cm³/mol. The van der Waals surface area contributed by atoms with Crippen LogP contribution in [0.4, 0.5) is 5.82 Å². The number of H-pyrrole nitrogens is 1. The second-order valence-corrected chi connectivity index (χ2v) is 8.44. The molecule has 0 aliphatic rings. The summed E-state index contributed by atoms with van der Waals surface area (Å²) in [7, 11) is 1.73. The van der Waals surface area contributed by atoms with Gasteiger partial charge in [-0.2, -0.15) is 5.10 Å². The Morgan fingerprint density at radius 2 is 1.80 bits per heavy atom. The van der Waals surface area contributed by atoms with E-state index >= 15 is 0 Å². The molecule has 0 aliphatic carbocycles. The van der Waals surface area contributed by atoms with Crippen LogP contribution < -0.4 is 5.32 Å². The molecule has 2 heterocycles. The number of carbonyl (C=O) groups is 2. The van der Waals surface area contributed by atoms with Crippen LogP contribution in [0.2, 0.25) is 0 Å². The lowest BCUT2D eigenvalue weighted by Gasteiger charge is -2.19. The average Bonchev–Trinajstić information content (AvgIpc) is 3.07. The number of pyridine rings is 1. The van der Waals surface area contributed by atoms with E-state index in [1.54, 1.807) is 30.1 Å². The van der Waals surface area contributed by atoms with Crippen molar-refractivity contribution in [3.63, 3.8) is 0 Å². The van der Waals surface area contributed by atoms with Crippen molar-refractivity contribution in [2.24, 2.45) is 5.92 Å². The zero-order chi connectivity index (χ0) is 21.8. The van der Waals surface area contributed by atoms with Gasteiger partial charge in [0.15, 0.2) is 5.82 Å². The summed E-state index contributed by atoms with van der Waals surface area (Å²) in [5.41, 5.74) is 2.95. The van der Waals surface area contributed by atoms with E-state index in [0.29, 0.717) is 18.3 Å². The predicted octanol–water partition coefficient (Wildman–Crippen LogP) is 4.52. The number of aromatic nitrogens is 3. The van der Waals surface area contributed by atoms with Gasteiger partial charge in [-0.25, -0.2) is 4.98 Å². The molecule has 0 aliphatic heterocycles. The molecule has 2 N–H and O–H groups in total. The molecular formula is C22H24BrN5O2. The van der Waals surface area contributed by atoms with Crippen molar-refractivity contribution < 1.29 is 9.59 Å². The van der Waals surface area contributed by atoms with Gasteiger partial charge in [-0.1, -0.05) is 48.0 Å². The van der Waals surface area contributed by atoms with Gasteiger partial charge in [-0.15, -0.1) is 0 Å². The Hall–Kier alpha value is -3.00. The van der Waals surface area contributed by atoms with Crippen molar-refractivity contribution in [2.75, 3.05) is 18.9 Å². The van der Waals surface area contributed by atoms with Gasteiger partial charge in [0, 0.05) is 29.3 Å². The summed E-state index contributed by atoms with van der Waals surface area (Å²) >= 11 is 3.43. The van der Waals surface area contributed by atoms with Crippen molar-refractivity contribution >= 4 is 33.6 Å². The molecule has 8 heteroatoms. The van der Waals surface area contributed by atoms with Crippen molar-refractivity contribution in [1.82, 2.24) is 20.1 Å². The Bertz CT molecular complexity index is 1060. The van der Waals surface area contributed by atoms with Crippen LogP contribution in [-0.4, -0.2) is 45.5 Å². The van der Waals surface area contributed by atoms with Crippen molar-refractivity contribution in [3.8, 4) is 11.1 Å². The van der Waals surface area contributed by atoms with E-state index in [2.05, 4.69) is 36.4 Å². The number of aromatic amines is 1. The highest BCUT2D eigenvalue weighted by atomic mass is 79.9. The third kappa shape index (κ3) is 4.94. The molecule has 0 saturated heterocycles. The minimum absolute atomic E-state index is 0.154. The number of amides is 2. The third-order valence-electron chi connectivity index (χ3n) is 4.50. The van der Waals surface area contributed by atoms with Crippen LogP contribution in [0, 0.1) is 12.8 Å². The first kappa shape index (κ1) is 21.7. The van der Waals surface area contributed by atoms with E-state index < -0.39 is 5.91 Å². The molecule has 0 fully saturated rings. The summed E-state index contributed by atoms with van der Waals surface area (Å²) in [5, 5.41) is 9.95. The molecule has 0 atom stereocenters. The molecule has 2 amide bonds. The molecule has 7 nitrogen and oxygen atoms in total. The number of anilines is 1. The Morgan fingerprint density at radius 1 is 1.13 bits per heavy atom. The fourth-order valence-corrected chi connectivity index (χ4v) is 3.43. The van der Waals surface area contributed by atoms with E-state index in [4.69, 9.17) is 0 Å². The average molecular weight is 470 g/mol. The maximum atomic E-state index is 12.8. The highest BCUT2D eigenvalue weighted by molar-refractivity contribution is 9.10. The molecule has 0 saturated carbocycles. The topological polar surface area (TPSA) is 91.0 Å².